The molecule has 0 aliphatic heterocycles. The summed E-state index contributed by atoms with van der Waals surface area (Å²) in [5.74, 6) is -0.168. The van der Waals surface area contributed by atoms with E-state index in [1.165, 1.54) is 180 Å². The van der Waals surface area contributed by atoms with Crippen LogP contribution in [-0.4, -0.2) is 68.5 Å². The fraction of sp³-hybridized carbons (Fsp3) is 0.979. The Hall–Kier alpha value is -0.500. The summed E-state index contributed by atoms with van der Waals surface area (Å²) < 4.78 is 23.0. The summed E-state index contributed by atoms with van der Waals surface area (Å²) in [6, 6.07) is -0.790. The number of quaternary nitrogens is 1. The minimum absolute atomic E-state index is 0.0145. The van der Waals surface area contributed by atoms with Crippen molar-refractivity contribution in [3.05, 3.63) is 0 Å². The SMILES string of the molecule is CCCCCCCCCCCCCCCCCCCCCCCCCCCCCCCCCC(=O)NC(COP(=O)([O-])OCC[N+](C)(C)C)C(O)CCCCCC. The lowest BCUT2D eigenvalue weighted by Crippen LogP contribution is -2.46. The first-order valence-corrected chi connectivity index (χ1v) is 26.3. The minimum Gasteiger partial charge on any atom is -0.756 e. The first-order chi connectivity index (χ1) is 27.5. The Kier molecular flexibility index (Phi) is 40.5. The molecule has 3 unspecified atom stereocenters. The van der Waals surface area contributed by atoms with Crippen LogP contribution in [0.1, 0.15) is 251 Å². The maximum absolute atomic E-state index is 12.7. The van der Waals surface area contributed by atoms with Crippen LogP contribution >= 0.6 is 7.82 Å². The number of phosphoric acid groups is 1. The van der Waals surface area contributed by atoms with E-state index in [9.17, 15) is 19.4 Å². The normalized spacial score (nSPS) is 14.2. The Bertz CT molecular complexity index is 901. The lowest BCUT2D eigenvalue weighted by atomic mass is 10.0. The standard InChI is InChI=1S/C48H99N2O6P/c1-6-8-10-12-13-14-15-16-17-18-19-20-21-22-23-24-25-26-27-28-29-30-31-32-33-34-35-36-37-38-40-42-48(52)49-46(47(51)41-39-11-9-7-2)45-56-57(53,54)55-44-43-50(3,4)5/h46-47,51H,6-45H2,1-5H3,(H-,49,52,53,54). The average Bonchev–Trinajstić information content (AvgIpc) is 3.16. The van der Waals surface area contributed by atoms with Crippen LogP contribution in [0, 0.1) is 0 Å². The van der Waals surface area contributed by atoms with Gasteiger partial charge < -0.3 is 28.8 Å². The second kappa shape index (κ2) is 40.9. The van der Waals surface area contributed by atoms with Crippen LogP contribution in [0.25, 0.3) is 0 Å². The number of aliphatic hydroxyl groups excluding tert-OH is 1. The van der Waals surface area contributed by atoms with Gasteiger partial charge in [0.1, 0.15) is 13.2 Å². The molecule has 0 aromatic heterocycles. The minimum atomic E-state index is -4.54. The maximum Gasteiger partial charge on any atom is 0.268 e. The Balaban J connectivity index is 3.71. The Labute approximate surface area is 355 Å². The molecule has 0 radical (unpaired) electrons. The van der Waals surface area contributed by atoms with Crippen LogP contribution in [0.2, 0.25) is 0 Å². The number of rotatable bonds is 46. The zero-order valence-electron chi connectivity index (χ0n) is 38.8. The monoisotopic (exact) mass is 831 g/mol. The van der Waals surface area contributed by atoms with Gasteiger partial charge in [0.15, 0.2) is 0 Å². The number of hydrogen-bond donors (Lipinski definition) is 2. The van der Waals surface area contributed by atoms with Crippen molar-refractivity contribution >= 4 is 13.7 Å². The first kappa shape index (κ1) is 56.5. The summed E-state index contributed by atoms with van der Waals surface area (Å²) in [6.07, 6.45) is 46.4. The highest BCUT2D eigenvalue weighted by Gasteiger charge is 2.24. The third-order valence-corrected chi connectivity index (χ3v) is 12.6. The van der Waals surface area contributed by atoms with Crippen LogP contribution in [-0.2, 0) is 18.4 Å². The lowest BCUT2D eigenvalue weighted by molar-refractivity contribution is -0.870. The van der Waals surface area contributed by atoms with Gasteiger partial charge in [-0.2, -0.15) is 0 Å². The highest BCUT2D eigenvalue weighted by atomic mass is 31.2. The Morgan fingerprint density at radius 3 is 1.19 bits per heavy atom. The van der Waals surface area contributed by atoms with E-state index >= 15 is 0 Å². The number of likely N-dealkylation sites (N-methyl/N-ethyl adjacent to an activating group) is 1. The molecular weight excluding hydrogens is 732 g/mol. The molecule has 0 aliphatic carbocycles. The number of amides is 1. The summed E-state index contributed by atoms with van der Waals surface area (Å²) in [7, 11) is 1.31. The highest BCUT2D eigenvalue weighted by Crippen LogP contribution is 2.38. The van der Waals surface area contributed by atoms with Crippen molar-refractivity contribution < 1.29 is 32.9 Å². The van der Waals surface area contributed by atoms with Crippen LogP contribution in [0.3, 0.4) is 0 Å². The number of carbonyl (C=O) groups is 1. The van der Waals surface area contributed by atoms with E-state index in [-0.39, 0.29) is 19.1 Å². The summed E-state index contributed by atoms with van der Waals surface area (Å²) in [6.45, 7) is 4.62. The maximum atomic E-state index is 12.7. The van der Waals surface area contributed by atoms with E-state index in [1.54, 1.807) is 0 Å². The van der Waals surface area contributed by atoms with Gasteiger partial charge in [0, 0.05) is 6.42 Å². The molecule has 0 rings (SSSR count). The molecule has 0 heterocycles. The number of nitrogens with zero attached hydrogens (tertiary/aromatic N) is 1. The zero-order chi connectivity index (χ0) is 42.1. The van der Waals surface area contributed by atoms with E-state index in [0.29, 0.717) is 23.9 Å². The third kappa shape index (κ3) is 43.4. The molecular formula is C48H99N2O6P. The predicted molar refractivity (Wildman–Crippen MR) is 243 cm³/mol. The van der Waals surface area contributed by atoms with E-state index < -0.39 is 20.0 Å². The predicted octanol–water partition coefficient (Wildman–Crippen LogP) is 13.5. The smallest absolute Gasteiger partial charge is 0.268 e. The van der Waals surface area contributed by atoms with Gasteiger partial charge in [0.25, 0.3) is 7.82 Å². The highest BCUT2D eigenvalue weighted by molar-refractivity contribution is 7.45. The molecule has 9 heteroatoms. The second-order valence-electron chi connectivity index (χ2n) is 18.5. The molecule has 0 bridgehead atoms. The number of phosphoric ester groups is 1. The first-order valence-electron chi connectivity index (χ1n) is 24.9. The molecule has 0 aliphatic rings. The van der Waals surface area contributed by atoms with Crippen molar-refractivity contribution in [2.75, 3.05) is 40.9 Å². The van der Waals surface area contributed by atoms with Gasteiger partial charge in [-0.15, -0.1) is 0 Å². The number of carbonyl (C=O) groups excluding carboxylic acids is 1. The van der Waals surface area contributed by atoms with E-state index in [0.717, 1.165) is 44.9 Å². The number of hydrogen-bond acceptors (Lipinski definition) is 6. The molecule has 2 N–H and O–H groups in total. The van der Waals surface area contributed by atoms with Crippen molar-refractivity contribution in [2.45, 2.75) is 264 Å². The van der Waals surface area contributed by atoms with Gasteiger partial charge in [0.2, 0.25) is 5.91 Å². The third-order valence-electron chi connectivity index (χ3n) is 11.6. The largest absolute Gasteiger partial charge is 0.756 e. The quantitative estimate of drug-likeness (QED) is 0.0359. The van der Waals surface area contributed by atoms with Gasteiger partial charge in [-0.1, -0.05) is 232 Å². The summed E-state index contributed by atoms with van der Waals surface area (Å²) >= 11 is 0. The fourth-order valence-electron chi connectivity index (χ4n) is 7.63. The number of unbranched alkanes of at least 4 members (excludes halogenated alkanes) is 33. The van der Waals surface area contributed by atoms with E-state index in [4.69, 9.17) is 9.05 Å². The van der Waals surface area contributed by atoms with Crippen molar-refractivity contribution in [3.8, 4) is 0 Å². The molecule has 3 atom stereocenters. The molecule has 0 spiro atoms. The second-order valence-corrected chi connectivity index (χ2v) is 19.9. The van der Waals surface area contributed by atoms with Crippen molar-refractivity contribution in [3.63, 3.8) is 0 Å². The van der Waals surface area contributed by atoms with Crippen LogP contribution in [0.4, 0.5) is 0 Å². The number of aliphatic hydroxyl groups is 1. The molecule has 8 nitrogen and oxygen atoms in total. The van der Waals surface area contributed by atoms with Crippen LogP contribution in [0.15, 0.2) is 0 Å². The molecule has 0 saturated carbocycles. The molecule has 0 aromatic rings. The van der Waals surface area contributed by atoms with E-state index in [2.05, 4.69) is 19.2 Å². The molecule has 57 heavy (non-hydrogen) atoms. The van der Waals surface area contributed by atoms with Crippen molar-refractivity contribution in [1.82, 2.24) is 5.32 Å². The molecule has 0 aromatic carbocycles. The summed E-state index contributed by atoms with van der Waals surface area (Å²) in [5, 5.41) is 13.6. The Morgan fingerprint density at radius 2 is 0.860 bits per heavy atom. The Morgan fingerprint density at radius 1 is 0.544 bits per heavy atom. The lowest BCUT2D eigenvalue weighted by Gasteiger charge is -2.30. The molecule has 0 saturated heterocycles. The van der Waals surface area contributed by atoms with Gasteiger partial charge in [-0.25, -0.2) is 0 Å². The van der Waals surface area contributed by atoms with Gasteiger partial charge in [-0.3, -0.25) is 9.36 Å². The molecule has 0 fully saturated rings. The van der Waals surface area contributed by atoms with Crippen LogP contribution in [0.5, 0.6) is 0 Å². The van der Waals surface area contributed by atoms with Gasteiger partial charge in [0.05, 0.1) is 39.9 Å². The van der Waals surface area contributed by atoms with E-state index in [1.807, 2.05) is 21.1 Å². The number of nitrogens with one attached hydrogen (secondary N) is 1. The average molecular weight is 831 g/mol. The van der Waals surface area contributed by atoms with Gasteiger partial charge in [-0.05, 0) is 12.8 Å². The molecule has 342 valence electrons. The topological polar surface area (TPSA) is 108 Å². The van der Waals surface area contributed by atoms with Crippen molar-refractivity contribution in [2.24, 2.45) is 0 Å². The molecule has 1 amide bonds. The summed E-state index contributed by atoms with van der Waals surface area (Å²) in [4.78, 5) is 25.1. The van der Waals surface area contributed by atoms with Crippen molar-refractivity contribution in [1.29, 1.82) is 0 Å². The van der Waals surface area contributed by atoms with Gasteiger partial charge >= 0.3 is 0 Å². The fourth-order valence-corrected chi connectivity index (χ4v) is 8.35. The zero-order valence-corrected chi connectivity index (χ0v) is 39.7. The van der Waals surface area contributed by atoms with Crippen LogP contribution < -0.4 is 10.2 Å². The summed E-state index contributed by atoms with van der Waals surface area (Å²) in [5.41, 5.74) is 0.